The molecule has 0 heterocycles. The Hall–Kier alpha value is -2.32. The number of hydrogen-bond donors (Lipinski definition) is 0. The molecule has 2 rings (SSSR count). The zero-order valence-corrected chi connectivity index (χ0v) is 15.5. The van der Waals surface area contributed by atoms with Crippen molar-refractivity contribution in [1.82, 2.24) is 0 Å². The van der Waals surface area contributed by atoms with Gasteiger partial charge in [-0.15, -0.1) is 0 Å². The van der Waals surface area contributed by atoms with Gasteiger partial charge in [-0.25, -0.2) is 8.42 Å². The number of ether oxygens (including phenoxy) is 1. The number of anilines is 1. The van der Waals surface area contributed by atoms with Gasteiger partial charge in [-0.3, -0.25) is 10.1 Å². The molecule has 0 spiro atoms. The summed E-state index contributed by atoms with van der Waals surface area (Å²) in [7, 11) is -0.594. The van der Waals surface area contributed by atoms with Crippen LogP contribution in [0.5, 0.6) is 5.75 Å². The fourth-order valence-electron chi connectivity index (χ4n) is 2.51. The van der Waals surface area contributed by atoms with Crippen molar-refractivity contribution in [3.8, 4) is 5.75 Å². The third-order valence-corrected chi connectivity index (χ3v) is 4.98. The van der Waals surface area contributed by atoms with E-state index in [9.17, 15) is 18.5 Å². The van der Waals surface area contributed by atoms with Crippen LogP contribution >= 0.6 is 11.6 Å². The topological polar surface area (TPSA) is 89.8 Å². The van der Waals surface area contributed by atoms with E-state index < -0.39 is 20.4 Å². The van der Waals surface area contributed by atoms with Gasteiger partial charge >= 0.3 is 5.69 Å². The summed E-state index contributed by atoms with van der Waals surface area (Å²) in [5.41, 5.74) is 0.458. The summed E-state index contributed by atoms with van der Waals surface area (Å²) in [5, 5.41) is 12.0. The molecule has 0 bridgehead atoms. The van der Waals surface area contributed by atoms with Gasteiger partial charge in [-0.2, -0.15) is 0 Å². The molecule has 25 heavy (non-hydrogen) atoms. The predicted molar refractivity (Wildman–Crippen MR) is 96.3 cm³/mol. The van der Waals surface area contributed by atoms with E-state index in [1.807, 2.05) is 0 Å². The number of sulfone groups is 1. The van der Waals surface area contributed by atoms with Gasteiger partial charge in [0.2, 0.25) is 0 Å². The summed E-state index contributed by atoms with van der Waals surface area (Å²) < 4.78 is 29.0. The first kappa shape index (κ1) is 19.0. The first-order chi connectivity index (χ1) is 11.6. The highest BCUT2D eigenvalue weighted by Gasteiger charge is 2.28. The van der Waals surface area contributed by atoms with Crippen LogP contribution in [-0.4, -0.2) is 33.8 Å². The van der Waals surface area contributed by atoms with E-state index in [-0.39, 0.29) is 17.1 Å². The van der Waals surface area contributed by atoms with Crippen molar-refractivity contribution in [3.63, 3.8) is 0 Å². The van der Waals surface area contributed by atoms with Gasteiger partial charge in [-0.1, -0.05) is 17.7 Å². The molecule has 2 aromatic rings. The molecule has 134 valence electrons. The van der Waals surface area contributed by atoms with Gasteiger partial charge < -0.3 is 9.64 Å². The summed E-state index contributed by atoms with van der Waals surface area (Å²) in [6, 6.07) is 9.28. The summed E-state index contributed by atoms with van der Waals surface area (Å²) in [4.78, 5) is 12.1. The van der Waals surface area contributed by atoms with Crippen LogP contribution in [-0.2, 0) is 16.4 Å². The quantitative estimate of drug-likeness (QED) is 0.560. The van der Waals surface area contributed by atoms with Crippen LogP contribution in [0.1, 0.15) is 5.56 Å². The van der Waals surface area contributed by atoms with Gasteiger partial charge in [0.1, 0.15) is 16.3 Å². The second kappa shape index (κ2) is 7.28. The Labute approximate surface area is 150 Å². The second-order valence-corrected chi connectivity index (χ2v) is 7.89. The zero-order valence-electron chi connectivity index (χ0n) is 13.9. The number of nitro groups is 1. The molecule has 0 N–H and O–H groups in total. The highest BCUT2D eigenvalue weighted by molar-refractivity contribution is 7.90. The molecule has 0 saturated carbocycles. The molecule has 0 aromatic heterocycles. The standard InChI is InChI=1S/C16H17ClN2O5S/c1-18(10-11-9-12(17)7-8-14(11)24-2)13-5-4-6-15(25(3,22)23)16(13)19(20)21/h4-9H,10H2,1-3H3. The Kier molecular flexibility index (Phi) is 5.54. The van der Waals surface area contributed by atoms with Crippen LogP contribution in [0.25, 0.3) is 0 Å². The van der Waals surface area contributed by atoms with Crippen LogP contribution in [0.4, 0.5) is 11.4 Å². The molecular weight excluding hydrogens is 368 g/mol. The second-order valence-electron chi connectivity index (χ2n) is 5.47. The lowest BCUT2D eigenvalue weighted by molar-refractivity contribution is -0.387. The van der Waals surface area contributed by atoms with E-state index in [1.54, 1.807) is 30.1 Å². The summed E-state index contributed by atoms with van der Waals surface area (Å²) in [6.07, 6.45) is 0.944. The van der Waals surface area contributed by atoms with Gasteiger partial charge in [-0.05, 0) is 30.3 Å². The van der Waals surface area contributed by atoms with Crippen molar-refractivity contribution in [2.24, 2.45) is 0 Å². The van der Waals surface area contributed by atoms with Crippen molar-refractivity contribution in [2.75, 3.05) is 25.3 Å². The molecule has 0 atom stereocenters. The maximum Gasteiger partial charge on any atom is 0.311 e. The smallest absolute Gasteiger partial charge is 0.311 e. The predicted octanol–water partition coefficient (Wildman–Crippen LogP) is 3.30. The van der Waals surface area contributed by atoms with Crippen molar-refractivity contribution in [2.45, 2.75) is 11.4 Å². The number of methoxy groups -OCH3 is 1. The Morgan fingerprint density at radius 1 is 1.28 bits per heavy atom. The Balaban J connectivity index is 2.52. The largest absolute Gasteiger partial charge is 0.496 e. The summed E-state index contributed by atoms with van der Waals surface area (Å²) in [6.45, 7) is 0.248. The fraction of sp³-hybridized carbons (Fsp3) is 0.250. The van der Waals surface area contributed by atoms with Gasteiger partial charge in [0.15, 0.2) is 9.84 Å². The van der Waals surface area contributed by atoms with Crippen LogP contribution in [0, 0.1) is 10.1 Å². The molecule has 0 radical (unpaired) electrons. The van der Waals surface area contributed by atoms with E-state index in [0.29, 0.717) is 10.8 Å². The van der Waals surface area contributed by atoms with Gasteiger partial charge in [0.05, 0.1) is 12.0 Å². The highest BCUT2D eigenvalue weighted by atomic mass is 35.5. The highest BCUT2D eigenvalue weighted by Crippen LogP contribution is 2.35. The van der Waals surface area contributed by atoms with E-state index >= 15 is 0 Å². The van der Waals surface area contributed by atoms with Crippen molar-refractivity contribution in [1.29, 1.82) is 0 Å². The van der Waals surface area contributed by atoms with Crippen LogP contribution < -0.4 is 9.64 Å². The van der Waals surface area contributed by atoms with E-state index in [2.05, 4.69) is 0 Å². The monoisotopic (exact) mass is 384 g/mol. The maximum absolute atomic E-state index is 11.9. The Bertz CT molecular complexity index is 915. The lowest BCUT2D eigenvalue weighted by Gasteiger charge is -2.21. The molecule has 0 amide bonds. The van der Waals surface area contributed by atoms with E-state index in [4.69, 9.17) is 16.3 Å². The third-order valence-electron chi connectivity index (χ3n) is 3.62. The number of rotatable bonds is 6. The number of benzene rings is 2. The lowest BCUT2D eigenvalue weighted by atomic mass is 10.1. The Morgan fingerprint density at radius 3 is 2.52 bits per heavy atom. The maximum atomic E-state index is 11.9. The number of nitro benzene ring substituents is 1. The SMILES string of the molecule is COc1ccc(Cl)cc1CN(C)c1cccc(S(C)(=O)=O)c1[N+](=O)[O-]. The zero-order chi connectivity index (χ0) is 18.8. The molecule has 0 saturated heterocycles. The van der Waals surface area contributed by atoms with Crippen molar-refractivity contribution >= 4 is 32.8 Å². The molecule has 9 heteroatoms. The van der Waals surface area contributed by atoms with Crippen LogP contribution in [0.15, 0.2) is 41.3 Å². The number of halogens is 1. The van der Waals surface area contributed by atoms with Crippen LogP contribution in [0.3, 0.4) is 0 Å². The average Bonchev–Trinajstić information content (AvgIpc) is 2.53. The average molecular weight is 385 g/mol. The first-order valence-electron chi connectivity index (χ1n) is 7.16. The van der Waals surface area contributed by atoms with Crippen LogP contribution in [0.2, 0.25) is 5.02 Å². The number of hydrogen-bond acceptors (Lipinski definition) is 6. The third kappa shape index (κ3) is 4.21. The Morgan fingerprint density at radius 2 is 1.96 bits per heavy atom. The number of para-hydroxylation sites is 1. The normalized spacial score (nSPS) is 11.2. The fourth-order valence-corrected chi connectivity index (χ4v) is 3.56. The molecule has 7 nitrogen and oxygen atoms in total. The molecule has 0 unspecified atom stereocenters. The van der Waals surface area contributed by atoms with Crippen molar-refractivity contribution < 1.29 is 18.1 Å². The minimum Gasteiger partial charge on any atom is -0.496 e. The minimum absolute atomic E-state index is 0.190. The van der Waals surface area contributed by atoms with Gasteiger partial charge in [0.25, 0.3) is 0 Å². The minimum atomic E-state index is -3.74. The molecule has 2 aromatic carbocycles. The van der Waals surface area contributed by atoms with E-state index in [1.165, 1.54) is 25.3 Å². The molecular formula is C16H17ClN2O5S. The molecule has 0 fully saturated rings. The summed E-state index contributed by atoms with van der Waals surface area (Å²) in [5.74, 6) is 0.582. The lowest BCUT2D eigenvalue weighted by Crippen LogP contribution is -2.19. The number of nitrogens with zero attached hydrogens (tertiary/aromatic N) is 2. The molecule has 0 aliphatic heterocycles. The van der Waals surface area contributed by atoms with Crippen molar-refractivity contribution in [3.05, 3.63) is 57.1 Å². The first-order valence-corrected chi connectivity index (χ1v) is 9.43. The molecule has 0 aliphatic carbocycles. The van der Waals surface area contributed by atoms with E-state index in [0.717, 1.165) is 11.8 Å². The van der Waals surface area contributed by atoms with Gasteiger partial charge in [0, 0.05) is 30.4 Å². The summed E-state index contributed by atoms with van der Waals surface area (Å²) >= 11 is 6.01. The molecule has 0 aliphatic rings.